The molecule has 1 fully saturated rings. The molecule has 1 aliphatic heterocycles. The van der Waals surface area contributed by atoms with E-state index in [1.807, 2.05) is 0 Å². The molecular formula is C2H4Br2Si2. The number of halogens is 2. The summed E-state index contributed by atoms with van der Waals surface area (Å²) in [5, 5.41) is 0. The topological polar surface area (TPSA) is 0 Å². The minimum Gasteiger partial charge on any atom is -0.129 e. The van der Waals surface area contributed by atoms with E-state index in [1.165, 1.54) is 11.3 Å². The van der Waals surface area contributed by atoms with Crippen LogP contribution in [0, 0.1) is 0 Å². The van der Waals surface area contributed by atoms with Gasteiger partial charge in [0.1, 0.15) is 14.8 Å². The number of hydrogen-bond donors (Lipinski definition) is 0. The van der Waals surface area contributed by atoms with Gasteiger partial charge in [0.2, 0.25) is 0 Å². The van der Waals surface area contributed by atoms with Gasteiger partial charge >= 0.3 is 0 Å². The standard InChI is InChI=1S/C2H4Br2Si2/c3-5-1-6(4)2-5/h1-2H2. The second kappa shape index (κ2) is 2.11. The third-order valence-electron chi connectivity index (χ3n) is 0.767. The molecule has 34 valence electrons. The van der Waals surface area contributed by atoms with Gasteiger partial charge in [-0.2, -0.15) is 0 Å². The van der Waals surface area contributed by atoms with Gasteiger partial charge in [-0.15, -0.1) is 30.6 Å². The summed E-state index contributed by atoms with van der Waals surface area (Å²) in [6.45, 7) is 0. The van der Waals surface area contributed by atoms with Crippen molar-refractivity contribution in [3.8, 4) is 0 Å². The van der Waals surface area contributed by atoms with Crippen LogP contribution < -0.4 is 0 Å². The SMILES string of the molecule is Br[Si]1C[Si](Br)C1. The van der Waals surface area contributed by atoms with Gasteiger partial charge in [0.05, 0.1) is 0 Å². The highest BCUT2D eigenvalue weighted by Crippen LogP contribution is 2.27. The Morgan fingerprint density at radius 2 is 1.33 bits per heavy atom. The maximum absolute atomic E-state index is 3.60. The van der Waals surface area contributed by atoms with Gasteiger partial charge in [0.15, 0.2) is 0 Å². The van der Waals surface area contributed by atoms with E-state index in [2.05, 4.69) is 30.6 Å². The highest BCUT2D eigenvalue weighted by Gasteiger charge is 2.28. The molecule has 0 N–H and O–H groups in total. The molecule has 1 aliphatic rings. The Morgan fingerprint density at radius 1 is 1.00 bits per heavy atom. The lowest BCUT2D eigenvalue weighted by Crippen LogP contribution is -2.29. The van der Waals surface area contributed by atoms with Crippen LogP contribution in [-0.2, 0) is 0 Å². The molecule has 0 nitrogen and oxygen atoms in total. The van der Waals surface area contributed by atoms with E-state index in [1.54, 1.807) is 0 Å². The van der Waals surface area contributed by atoms with Crippen molar-refractivity contribution in [2.24, 2.45) is 0 Å². The largest absolute Gasteiger partial charge is 0.131 e. The summed E-state index contributed by atoms with van der Waals surface area (Å²) in [4.78, 5) is 0. The fourth-order valence-electron chi connectivity index (χ4n) is 0.364. The molecular weight excluding hydrogens is 240 g/mol. The van der Waals surface area contributed by atoms with Crippen LogP contribution in [0.4, 0.5) is 0 Å². The summed E-state index contributed by atoms with van der Waals surface area (Å²) in [5.74, 6) is 0. The van der Waals surface area contributed by atoms with Gasteiger partial charge in [-0.3, -0.25) is 0 Å². The van der Waals surface area contributed by atoms with Crippen LogP contribution in [0.5, 0.6) is 0 Å². The monoisotopic (exact) mass is 242 g/mol. The fraction of sp³-hybridized carbons (Fsp3) is 1.00. The molecule has 0 spiro atoms. The van der Waals surface area contributed by atoms with Gasteiger partial charge in [-0.05, 0) is 11.3 Å². The first-order valence-electron chi connectivity index (χ1n) is 1.79. The molecule has 4 heteroatoms. The van der Waals surface area contributed by atoms with Crippen molar-refractivity contribution in [2.75, 3.05) is 0 Å². The lowest BCUT2D eigenvalue weighted by molar-refractivity contribution is 1.68. The van der Waals surface area contributed by atoms with Gasteiger partial charge in [0, 0.05) is 0 Å². The first kappa shape index (κ1) is 5.53. The molecule has 6 heavy (non-hydrogen) atoms. The van der Waals surface area contributed by atoms with Crippen molar-refractivity contribution >= 4 is 45.4 Å². The van der Waals surface area contributed by atoms with Gasteiger partial charge < -0.3 is 0 Å². The van der Waals surface area contributed by atoms with Crippen molar-refractivity contribution in [1.29, 1.82) is 0 Å². The van der Waals surface area contributed by atoms with Gasteiger partial charge in [-0.25, -0.2) is 0 Å². The van der Waals surface area contributed by atoms with Crippen LogP contribution in [0.15, 0.2) is 0 Å². The zero-order valence-corrected chi connectivity index (χ0v) is 8.34. The van der Waals surface area contributed by atoms with Crippen molar-refractivity contribution in [3.63, 3.8) is 0 Å². The molecule has 0 bridgehead atoms. The van der Waals surface area contributed by atoms with Crippen LogP contribution in [0.3, 0.4) is 0 Å². The summed E-state index contributed by atoms with van der Waals surface area (Å²) in [6.07, 6.45) is 0. The molecule has 0 aromatic heterocycles. The molecule has 0 atom stereocenters. The second-order valence-electron chi connectivity index (χ2n) is 1.39. The molecule has 1 saturated heterocycles. The molecule has 0 aliphatic carbocycles. The second-order valence-corrected chi connectivity index (χ2v) is 13.0. The smallest absolute Gasteiger partial charge is 0.129 e. The third kappa shape index (κ3) is 1.18. The number of rotatable bonds is 0. The molecule has 0 unspecified atom stereocenters. The predicted molar refractivity (Wildman–Crippen MR) is 39.0 cm³/mol. The minimum atomic E-state index is 0.0689. The Kier molecular flexibility index (Phi) is 1.94. The first-order chi connectivity index (χ1) is 2.79. The zero-order valence-electron chi connectivity index (χ0n) is 3.17. The zero-order chi connectivity index (χ0) is 4.57. The van der Waals surface area contributed by atoms with Crippen molar-refractivity contribution in [2.45, 2.75) is 11.3 Å². The molecule has 0 aromatic rings. The van der Waals surface area contributed by atoms with Crippen LogP contribution in [-0.4, -0.2) is 14.8 Å². The quantitative estimate of drug-likeness (QED) is 0.450. The average molecular weight is 244 g/mol. The molecule has 0 amide bonds. The van der Waals surface area contributed by atoms with Crippen LogP contribution in [0.1, 0.15) is 0 Å². The van der Waals surface area contributed by atoms with E-state index in [0.717, 1.165) is 0 Å². The first-order valence-corrected chi connectivity index (χ1v) is 10.1. The van der Waals surface area contributed by atoms with E-state index in [4.69, 9.17) is 0 Å². The Morgan fingerprint density at radius 3 is 1.33 bits per heavy atom. The maximum atomic E-state index is 3.60. The summed E-state index contributed by atoms with van der Waals surface area (Å²) in [6, 6.07) is 0. The summed E-state index contributed by atoms with van der Waals surface area (Å²) >= 11 is 7.20. The highest BCUT2D eigenvalue weighted by atomic mass is 79.9. The summed E-state index contributed by atoms with van der Waals surface area (Å²) < 4.78 is 0. The Balaban J connectivity index is 2.11. The van der Waals surface area contributed by atoms with E-state index in [9.17, 15) is 0 Å². The fourth-order valence-corrected chi connectivity index (χ4v) is 22.2. The average Bonchev–Trinajstić information content (AvgIpc) is 1.33. The summed E-state index contributed by atoms with van der Waals surface area (Å²) in [5.41, 5.74) is 3.02. The number of hydrogen-bond acceptors (Lipinski definition) is 0. The van der Waals surface area contributed by atoms with Crippen molar-refractivity contribution in [3.05, 3.63) is 0 Å². The van der Waals surface area contributed by atoms with E-state index >= 15 is 0 Å². The molecule has 1 rings (SSSR count). The molecule has 1 heterocycles. The Labute approximate surface area is 56.7 Å². The van der Waals surface area contributed by atoms with E-state index in [0.29, 0.717) is 0 Å². The lowest BCUT2D eigenvalue weighted by atomic mass is 11.8. The molecule has 0 aromatic carbocycles. The molecule has 2 radical (unpaired) electrons. The van der Waals surface area contributed by atoms with Gasteiger partial charge in [0.25, 0.3) is 0 Å². The van der Waals surface area contributed by atoms with Crippen molar-refractivity contribution in [1.82, 2.24) is 0 Å². The van der Waals surface area contributed by atoms with Crippen molar-refractivity contribution < 1.29 is 0 Å². The van der Waals surface area contributed by atoms with Crippen LogP contribution in [0.25, 0.3) is 0 Å². The highest BCUT2D eigenvalue weighted by molar-refractivity contribution is 9.27. The lowest BCUT2D eigenvalue weighted by Gasteiger charge is -2.20. The van der Waals surface area contributed by atoms with Crippen LogP contribution >= 0.6 is 30.6 Å². The normalized spacial score (nSPS) is 27.0. The summed E-state index contributed by atoms with van der Waals surface area (Å²) in [7, 11) is 0.138. The maximum Gasteiger partial charge on any atom is 0.131 e. The predicted octanol–water partition coefficient (Wildman–Crippen LogP) is 1.85. The Bertz CT molecular complexity index is 45.5. The van der Waals surface area contributed by atoms with E-state index < -0.39 is 0 Å². The van der Waals surface area contributed by atoms with E-state index in [-0.39, 0.29) is 14.8 Å². The molecule has 0 saturated carbocycles. The van der Waals surface area contributed by atoms with Crippen LogP contribution in [0.2, 0.25) is 11.3 Å². The Hall–Kier alpha value is 1.39. The third-order valence-corrected chi connectivity index (χ3v) is 17.0. The minimum absolute atomic E-state index is 0.0689. The van der Waals surface area contributed by atoms with Gasteiger partial charge in [-0.1, -0.05) is 0 Å².